The molecule has 2 N–H and O–H groups in total. The molecule has 0 amide bonds. The minimum atomic E-state index is -3.23. The summed E-state index contributed by atoms with van der Waals surface area (Å²) >= 11 is 0. The maximum Gasteiger partial charge on any atom is 0.212 e. The first-order valence-corrected chi connectivity index (χ1v) is 6.39. The topological polar surface area (TPSA) is 74.8 Å². The molecule has 86 valence electrons. The van der Waals surface area contributed by atoms with Crippen LogP contribution in [0.1, 0.15) is 26.6 Å². The summed E-state index contributed by atoms with van der Waals surface area (Å²) in [5, 5.41) is 0. The molecule has 0 aliphatic rings. The van der Waals surface area contributed by atoms with E-state index in [0.29, 0.717) is 5.82 Å². The largest absolute Gasteiger partial charge is 0.347 e. The predicted molar refractivity (Wildman–Crippen MR) is 58.7 cm³/mol. The van der Waals surface area contributed by atoms with Gasteiger partial charge in [0.2, 0.25) is 10.0 Å². The van der Waals surface area contributed by atoms with E-state index in [0.717, 1.165) is 0 Å². The molecule has 1 aromatic rings. The molecule has 0 unspecified atom stereocenters. The second-order valence-corrected chi connectivity index (χ2v) is 6.48. The van der Waals surface area contributed by atoms with E-state index >= 15 is 0 Å². The fourth-order valence-electron chi connectivity index (χ4n) is 1.19. The van der Waals surface area contributed by atoms with Crippen LogP contribution in [-0.4, -0.2) is 24.1 Å². The second-order valence-electron chi connectivity index (χ2n) is 4.68. The van der Waals surface area contributed by atoms with Gasteiger partial charge < -0.3 is 4.98 Å². The molecular weight excluding hydrogens is 214 g/mol. The molecule has 0 spiro atoms. The van der Waals surface area contributed by atoms with Crippen molar-refractivity contribution in [3.63, 3.8) is 0 Å². The van der Waals surface area contributed by atoms with E-state index in [1.807, 2.05) is 20.8 Å². The maximum absolute atomic E-state index is 11.6. The highest BCUT2D eigenvalue weighted by atomic mass is 32.2. The Morgan fingerprint density at radius 3 is 2.60 bits per heavy atom. The average Bonchev–Trinajstić information content (AvgIpc) is 2.47. The standard InChI is InChI=1S/C9H17N3O2S/c1-9(2,3)7-15(13,14)12-6-8-10-4-5-11-8/h4-5,12H,6-7H2,1-3H3,(H,10,11). The normalized spacial score (nSPS) is 13.0. The zero-order chi connectivity index (χ0) is 11.5. The van der Waals surface area contributed by atoms with Crippen LogP contribution >= 0.6 is 0 Å². The van der Waals surface area contributed by atoms with Crippen LogP contribution in [0.3, 0.4) is 0 Å². The zero-order valence-electron chi connectivity index (χ0n) is 9.24. The van der Waals surface area contributed by atoms with Crippen molar-refractivity contribution in [3.05, 3.63) is 18.2 Å². The molecule has 6 heteroatoms. The molecule has 0 saturated carbocycles. The molecule has 15 heavy (non-hydrogen) atoms. The van der Waals surface area contributed by atoms with Crippen LogP contribution in [0.25, 0.3) is 0 Å². The zero-order valence-corrected chi connectivity index (χ0v) is 10.1. The highest BCUT2D eigenvalue weighted by molar-refractivity contribution is 7.89. The molecule has 0 atom stereocenters. The van der Waals surface area contributed by atoms with E-state index in [1.165, 1.54) is 0 Å². The van der Waals surface area contributed by atoms with Crippen LogP contribution in [0.2, 0.25) is 0 Å². The van der Waals surface area contributed by atoms with Gasteiger partial charge in [0.05, 0.1) is 12.3 Å². The summed E-state index contributed by atoms with van der Waals surface area (Å²) in [4.78, 5) is 6.77. The van der Waals surface area contributed by atoms with Gasteiger partial charge >= 0.3 is 0 Å². The Kier molecular flexibility index (Phi) is 3.51. The van der Waals surface area contributed by atoms with Gasteiger partial charge in [-0.1, -0.05) is 20.8 Å². The lowest BCUT2D eigenvalue weighted by molar-refractivity contribution is 0.457. The summed E-state index contributed by atoms with van der Waals surface area (Å²) in [6.07, 6.45) is 3.25. The van der Waals surface area contributed by atoms with Crippen LogP contribution in [0, 0.1) is 5.41 Å². The summed E-state index contributed by atoms with van der Waals surface area (Å²) in [5.74, 6) is 0.730. The number of imidazole rings is 1. The van der Waals surface area contributed by atoms with Crippen molar-refractivity contribution in [2.45, 2.75) is 27.3 Å². The number of sulfonamides is 1. The summed E-state index contributed by atoms with van der Waals surface area (Å²) in [7, 11) is -3.23. The van der Waals surface area contributed by atoms with Gasteiger partial charge in [-0.15, -0.1) is 0 Å². The lowest BCUT2D eigenvalue weighted by Crippen LogP contribution is -2.32. The molecule has 0 aliphatic carbocycles. The molecule has 1 rings (SSSR count). The molecule has 5 nitrogen and oxygen atoms in total. The van der Waals surface area contributed by atoms with Crippen molar-refractivity contribution in [2.75, 3.05) is 5.75 Å². The number of hydrogen-bond acceptors (Lipinski definition) is 3. The van der Waals surface area contributed by atoms with E-state index in [9.17, 15) is 8.42 Å². The highest BCUT2D eigenvalue weighted by Crippen LogP contribution is 2.15. The van der Waals surface area contributed by atoms with Crippen molar-refractivity contribution in [3.8, 4) is 0 Å². The Balaban J connectivity index is 2.51. The molecule has 0 bridgehead atoms. The van der Waals surface area contributed by atoms with E-state index < -0.39 is 10.0 Å². The first kappa shape index (κ1) is 12.2. The summed E-state index contributed by atoms with van der Waals surface area (Å²) in [6.45, 7) is 5.88. The number of H-pyrrole nitrogens is 1. The Bertz CT molecular complexity index is 389. The number of hydrogen-bond donors (Lipinski definition) is 2. The van der Waals surface area contributed by atoms with Gasteiger partial charge in [0, 0.05) is 12.4 Å². The van der Waals surface area contributed by atoms with Gasteiger partial charge in [0.25, 0.3) is 0 Å². The quantitative estimate of drug-likeness (QED) is 0.807. The molecule has 1 heterocycles. The van der Waals surface area contributed by atoms with E-state index in [4.69, 9.17) is 0 Å². The van der Waals surface area contributed by atoms with E-state index in [-0.39, 0.29) is 17.7 Å². The molecule has 0 saturated heterocycles. The molecule has 0 aliphatic heterocycles. The van der Waals surface area contributed by atoms with Crippen LogP contribution in [0.5, 0.6) is 0 Å². The maximum atomic E-state index is 11.6. The fourth-order valence-corrected chi connectivity index (χ4v) is 2.79. The first-order chi connectivity index (χ1) is 6.79. The average molecular weight is 231 g/mol. The third-order valence-corrected chi connectivity index (χ3v) is 3.47. The Morgan fingerprint density at radius 1 is 1.47 bits per heavy atom. The minimum absolute atomic E-state index is 0.112. The summed E-state index contributed by atoms with van der Waals surface area (Å²) < 4.78 is 25.7. The van der Waals surface area contributed by atoms with Gasteiger partial charge in [-0.2, -0.15) is 0 Å². The lowest BCUT2D eigenvalue weighted by atomic mass is 10.0. The van der Waals surface area contributed by atoms with Crippen LogP contribution in [0.4, 0.5) is 0 Å². The second kappa shape index (κ2) is 4.32. The van der Waals surface area contributed by atoms with E-state index in [1.54, 1.807) is 12.4 Å². The number of rotatable bonds is 4. The smallest absolute Gasteiger partial charge is 0.212 e. The van der Waals surface area contributed by atoms with E-state index in [2.05, 4.69) is 14.7 Å². The van der Waals surface area contributed by atoms with Crippen molar-refractivity contribution in [1.82, 2.24) is 14.7 Å². The van der Waals surface area contributed by atoms with Crippen molar-refractivity contribution >= 4 is 10.0 Å². The third-order valence-electron chi connectivity index (χ3n) is 1.64. The third kappa shape index (κ3) is 4.94. The predicted octanol–water partition coefficient (Wildman–Crippen LogP) is 0.875. The Labute approximate surface area is 90.4 Å². The summed E-state index contributed by atoms with van der Waals surface area (Å²) in [6, 6.07) is 0. The van der Waals surface area contributed by atoms with Crippen LogP contribution in [-0.2, 0) is 16.6 Å². The van der Waals surface area contributed by atoms with Gasteiger partial charge in [-0.25, -0.2) is 18.1 Å². The number of nitrogens with one attached hydrogen (secondary N) is 2. The van der Waals surface area contributed by atoms with Crippen LogP contribution in [0.15, 0.2) is 12.4 Å². The van der Waals surface area contributed by atoms with Gasteiger partial charge in [-0.3, -0.25) is 0 Å². The molecule has 0 radical (unpaired) electrons. The highest BCUT2D eigenvalue weighted by Gasteiger charge is 2.21. The van der Waals surface area contributed by atoms with Crippen molar-refractivity contribution in [1.29, 1.82) is 0 Å². The van der Waals surface area contributed by atoms with Gasteiger partial charge in [-0.05, 0) is 5.41 Å². The monoisotopic (exact) mass is 231 g/mol. The molecule has 1 aromatic heterocycles. The number of aromatic nitrogens is 2. The lowest BCUT2D eigenvalue weighted by Gasteiger charge is -2.17. The van der Waals surface area contributed by atoms with Crippen molar-refractivity contribution < 1.29 is 8.42 Å². The SMILES string of the molecule is CC(C)(C)CS(=O)(=O)NCc1ncc[nH]1. The number of nitrogens with zero attached hydrogens (tertiary/aromatic N) is 1. The van der Waals surface area contributed by atoms with Crippen LogP contribution < -0.4 is 4.72 Å². The minimum Gasteiger partial charge on any atom is -0.347 e. The summed E-state index contributed by atoms with van der Waals surface area (Å²) in [5.41, 5.74) is -0.241. The first-order valence-electron chi connectivity index (χ1n) is 4.74. The molecule has 0 fully saturated rings. The molecular formula is C9H17N3O2S. The van der Waals surface area contributed by atoms with Gasteiger partial charge in [0.15, 0.2) is 0 Å². The molecule has 0 aromatic carbocycles. The van der Waals surface area contributed by atoms with Crippen molar-refractivity contribution in [2.24, 2.45) is 5.41 Å². The van der Waals surface area contributed by atoms with Gasteiger partial charge in [0.1, 0.15) is 5.82 Å². The fraction of sp³-hybridized carbons (Fsp3) is 0.667. The Morgan fingerprint density at radius 2 is 2.13 bits per heavy atom. The number of aromatic amines is 1. The Hall–Kier alpha value is -0.880.